The van der Waals surface area contributed by atoms with E-state index >= 15 is 0 Å². The van der Waals surface area contributed by atoms with Crippen LogP contribution in [0.1, 0.15) is 6.42 Å². The molecule has 2 N–H and O–H groups in total. The molecule has 1 unspecified atom stereocenters. The van der Waals surface area contributed by atoms with Crippen molar-refractivity contribution in [3.8, 4) is 0 Å². The summed E-state index contributed by atoms with van der Waals surface area (Å²) in [4.78, 5) is 0. The molecule has 2 aliphatic rings. The molecule has 10 heavy (non-hydrogen) atoms. The van der Waals surface area contributed by atoms with E-state index in [9.17, 15) is 0 Å². The summed E-state index contributed by atoms with van der Waals surface area (Å²) in [6, 6.07) is 0.481. The lowest BCUT2D eigenvalue weighted by Gasteiger charge is -2.04. The Morgan fingerprint density at radius 1 is 1.60 bits per heavy atom. The summed E-state index contributed by atoms with van der Waals surface area (Å²) in [6.45, 7) is 2.73. The van der Waals surface area contributed by atoms with E-state index in [1.165, 1.54) is 0 Å². The third-order valence-corrected chi connectivity index (χ3v) is 1.97. The highest BCUT2D eigenvalue weighted by Gasteiger charge is 2.21. The minimum Gasteiger partial charge on any atom is -0.481 e. The van der Waals surface area contributed by atoms with Crippen molar-refractivity contribution in [3.05, 3.63) is 11.8 Å². The lowest BCUT2D eigenvalue weighted by Crippen LogP contribution is -2.25. The number of nitrogens with one attached hydrogen (secondary N) is 2. The maximum Gasteiger partial charge on any atom is 0.139 e. The van der Waals surface area contributed by atoms with Crippen molar-refractivity contribution in [1.29, 1.82) is 0 Å². The molecule has 0 aromatic rings. The van der Waals surface area contributed by atoms with Crippen LogP contribution in [0.4, 0.5) is 0 Å². The number of hydrogen-bond acceptors (Lipinski definition) is 3. The normalized spacial score (nSPS) is 32.0. The van der Waals surface area contributed by atoms with Gasteiger partial charge in [-0.2, -0.15) is 0 Å². The summed E-state index contributed by atoms with van der Waals surface area (Å²) >= 11 is 0. The molecule has 56 valence electrons. The third-order valence-electron chi connectivity index (χ3n) is 1.97. The first-order valence-electron chi connectivity index (χ1n) is 3.74. The van der Waals surface area contributed by atoms with E-state index in [1.54, 1.807) is 0 Å². The standard InChI is InChI=1S/C7H12N2O/c1-3-8-4-2-7-6(1)9-5-10-7/h2,6,8-9H,1,3-5H2. The van der Waals surface area contributed by atoms with Crippen LogP contribution < -0.4 is 10.6 Å². The van der Waals surface area contributed by atoms with E-state index in [0.717, 1.165) is 25.3 Å². The van der Waals surface area contributed by atoms with E-state index in [-0.39, 0.29) is 0 Å². The second-order valence-electron chi connectivity index (χ2n) is 2.64. The van der Waals surface area contributed by atoms with Crippen molar-refractivity contribution in [2.75, 3.05) is 19.8 Å². The zero-order valence-electron chi connectivity index (χ0n) is 5.89. The minimum absolute atomic E-state index is 0.481. The van der Waals surface area contributed by atoms with E-state index in [4.69, 9.17) is 4.74 Å². The molecule has 2 aliphatic heterocycles. The van der Waals surface area contributed by atoms with Gasteiger partial charge in [0.25, 0.3) is 0 Å². The van der Waals surface area contributed by atoms with E-state index in [1.807, 2.05) is 0 Å². The molecule has 0 aliphatic carbocycles. The van der Waals surface area contributed by atoms with Crippen LogP contribution in [0.25, 0.3) is 0 Å². The Bertz CT molecular complexity index is 156. The maximum atomic E-state index is 5.35. The summed E-state index contributed by atoms with van der Waals surface area (Å²) in [5.74, 6) is 1.13. The molecule has 3 nitrogen and oxygen atoms in total. The molecule has 0 spiro atoms. The SMILES string of the molecule is C1=C2OCNC2CCNC1. The second-order valence-corrected chi connectivity index (χ2v) is 2.64. The van der Waals surface area contributed by atoms with Crippen LogP contribution in [0.5, 0.6) is 0 Å². The first-order chi connectivity index (χ1) is 4.97. The smallest absolute Gasteiger partial charge is 0.139 e. The second kappa shape index (κ2) is 2.60. The Kier molecular flexibility index (Phi) is 1.61. The van der Waals surface area contributed by atoms with Crippen molar-refractivity contribution < 1.29 is 4.74 Å². The zero-order chi connectivity index (χ0) is 6.81. The summed E-state index contributed by atoms with van der Waals surface area (Å²) in [7, 11) is 0. The summed E-state index contributed by atoms with van der Waals surface area (Å²) in [5, 5.41) is 6.55. The van der Waals surface area contributed by atoms with Crippen LogP contribution in [0.2, 0.25) is 0 Å². The van der Waals surface area contributed by atoms with Gasteiger partial charge in [-0.25, -0.2) is 0 Å². The Morgan fingerprint density at radius 3 is 3.60 bits per heavy atom. The highest BCUT2D eigenvalue weighted by atomic mass is 16.5. The van der Waals surface area contributed by atoms with Gasteiger partial charge in [0, 0.05) is 6.54 Å². The van der Waals surface area contributed by atoms with Crippen LogP contribution in [0.3, 0.4) is 0 Å². The summed E-state index contributed by atoms with van der Waals surface area (Å²) < 4.78 is 5.35. The molecule has 1 atom stereocenters. The molecule has 0 saturated carbocycles. The summed E-state index contributed by atoms with van der Waals surface area (Å²) in [5.41, 5.74) is 0. The van der Waals surface area contributed by atoms with Gasteiger partial charge in [0.2, 0.25) is 0 Å². The molecule has 3 heteroatoms. The third kappa shape index (κ3) is 1.02. The summed E-state index contributed by atoms with van der Waals surface area (Å²) in [6.07, 6.45) is 3.27. The molecule has 1 fully saturated rings. The molecule has 0 radical (unpaired) electrons. The monoisotopic (exact) mass is 140 g/mol. The molecule has 2 heterocycles. The average molecular weight is 140 g/mol. The predicted octanol–water partition coefficient (Wildman–Crippen LogP) is -0.191. The first kappa shape index (κ1) is 6.19. The van der Waals surface area contributed by atoms with E-state index < -0.39 is 0 Å². The van der Waals surface area contributed by atoms with Gasteiger partial charge in [-0.05, 0) is 19.0 Å². The van der Waals surface area contributed by atoms with Crippen molar-refractivity contribution in [2.45, 2.75) is 12.5 Å². The minimum atomic E-state index is 0.481. The van der Waals surface area contributed by atoms with Gasteiger partial charge in [-0.1, -0.05) is 0 Å². The molecule has 1 saturated heterocycles. The lowest BCUT2D eigenvalue weighted by molar-refractivity contribution is 0.252. The highest BCUT2D eigenvalue weighted by molar-refractivity contribution is 5.09. The van der Waals surface area contributed by atoms with Gasteiger partial charge >= 0.3 is 0 Å². The Hall–Kier alpha value is -0.540. The van der Waals surface area contributed by atoms with Crippen molar-refractivity contribution in [2.24, 2.45) is 0 Å². The fourth-order valence-electron chi connectivity index (χ4n) is 1.39. The fourth-order valence-corrected chi connectivity index (χ4v) is 1.39. The van der Waals surface area contributed by atoms with E-state index in [0.29, 0.717) is 12.8 Å². The molecular formula is C7H12N2O. The van der Waals surface area contributed by atoms with Gasteiger partial charge in [-0.3, -0.25) is 5.32 Å². The lowest BCUT2D eigenvalue weighted by atomic mass is 10.2. The van der Waals surface area contributed by atoms with Crippen LogP contribution >= 0.6 is 0 Å². The largest absolute Gasteiger partial charge is 0.481 e. The average Bonchev–Trinajstić information content (AvgIpc) is 2.28. The van der Waals surface area contributed by atoms with Crippen LogP contribution in [-0.4, -0.2) is 25.9 Å². The topological polar surface area (TPSA) is 33.3 Å². The van der Waals surface area contributed by atoms with Gasteiger partial charge in [0.05, 0.1) is 6.04 Å². The van der Waals surface area contributed by atoms with Crippen molar-refractivity contribution in [1.82, 2.24) is 10.6 Å². The van der Waals surface area contributed by atoms with E-state index in [2.05, 4.69) is 16.7 Å². The fraction of sp³-hybridized carbons (Fsp3) is 0.714. The van der Waals surface area contributed by atoms with Crippen LogP contribution in [0.15, 0.2) is 11.8 Å². The quantitative estimate of drug-likeness (QED) is 0.489. The number of fused-ring (bicyclic) bond motifs is 1. The number of ether oxygens (including phenoxy) is 1. The molecule has 0 bridgehead atoms. The Balaban J connectivity index is 2.10. The maximum absolute atomic E-state index is 5.35. The molecule has 0 amide bonds. The predicted molar refractivity (Wildman–Crippen MR) is 38.4 cm³/mol. The molecular weight excluding hydrogens is 128 g/mol. The first-order valence-corrected chi connectivity index (χ1v) is 3.74. The number of hydrogen-bond donors (Lipinski definition) is 2. The van der Waals surface area contributed by atoms with Gasteiger partial charge in [-0.15, -0.1) is 0 Å². The van der Waals surface area contributed by atoms with Gasteiger partial charge in [0.15, 0.2) is 0 Å². The van der Waals surface area contributed by atoms with Crippen molar-refractivity contribution >= 4 is 0 Å². The van der Waals surface area contributed by atoms with Crippen molar-refractivity contribution in [3.63, 3.8) is 0 Å². The van der Waals surface area contributed by atoms with Gasteiger partial charge in [0.1, 0.15) is 12.5 Å². The van der Waals surface area contributed by atoms with Crippen LogP contribution in [-0.2, 0) is 4.74 Å². The van der Waals surface area contributed by atoms with Crippen LogP contribution in [0, 0.1) is 0 Å². The Labute approximate surface area is 60.4 Å². The number of rotatable bonds is 0. The highest BCUT2D eigenvalue weighted by Crippen LogP contribution is 2.14. The van der Waals surface area contributed by atoms with Gasteiger partial charge < -0.3 is 10.1 Å². The molecule has 0 aromatic carbocycles. The zero-order valence-corrected chi connectivity index (χ0v) is 5.89. The Morgan fingerprint density at radius 2 is 2.60 bits per heavy atom. The molecule has 0 aromatic heterocycles. The molecule has 2 rings (SSSR count).